The zero-order chi connectivity index (χ0) is 19.0. The fourth-order valence-electron chi connectivity index (χ4n) is 2.72. The van der Waals surface area contributed by atoms with Gasteiger partial charge in [-0.3, -0.25) is 10.1 Å². The first-order chi connectivity index (χ1) is 13.0. The molecular weight excluding hydrogens is 407 g/mol. The average Bonchev–Trinajstić information content (AvgIpc) is 3.23. The minimum atomic E-state index is -0.342. The van der Waals surface area contributed by atoms with Crippen LogP contribution in [0.1, 0.15) is 26.5 Å². The highest BCUT2D eigenvalue weighted by molar-refractivity contribution is 7.15. The van der Waals surface area contributed by atoms with Crippen LogP contribution in [0.5, 0.6) is 11.5 Å². The van der Waals surface area contributed by atoms with Crippen LogP contribution >= 0.6 is 34.5 Å². The minimum Gasteiger partial charge on any atom is -0.454 e. The van der Waals surface area contributed by atoms with Gasteiger partial charge in [0.15, 0.2) is 16.6 Å². The lowest BCUT2D eigenvalue weighted by Crippen LogP contribution is -2.12. The summed E-state index contributed by atoms with van der Waals surface area (Å²) < 4.78 is 10.8. The van der Waals surface area contributed by atoms with E-state index >= 15 is 0 Å². The summed E-state index contributed by atoms with van der Waals surface area (Å²) in [6.07, 6.45) is 0.688. The van der Waals surface area contributed by atoms with Crippen molar-refractivity contribution in [1.29, 1.82) is 0 Å². The molecule has 0 unspecified atom stereocenters. The number of carbonyl (C=O) groups is 1. The summed E-state index contributed by atoms with van der Waals surface area (Å²) in [5, 5.41) is 4.10. The Hall–Kier alpha value is -2.28. The molecule has 0 bridgehead atoms. The highest BCUT2D eigenvalue weighted by Gasteiger charge is 2.17. The molecule has 1 amide bonds. The second-order valence-electron chi connectivity index (χ2n) is 5.97. The highest BCUT2D eigenvalue weighted by atomic mass is 35.5. The monoisotopic (exact) mass is 420 g/mol. The number of halogens is 2. The Bertz CT molecular complexity index is 1040. The number of fused-ring (bicyclic) bond motifs is 1. The number of nitrogens with one attached hydrogen (secondary N) is 1. The number of hydrogen-bond acceptors (Lipinski definition) is 5. The third-order valence-corrected chi connectivity index (χ3v) is 5.73. The van der Waals surface area contributed by atoms with Crippen molar-refractivity contribution in [3.63, 3.8) is 0 Å². The Morgan fingerprint density at radius 3 is 2.85 bits per heavy atom. The number of ether oxygens (including phenoxy) is 2. The highest BCUT2D eigenvalue weighted by Crippen LogP contribution is 2.34. The second-order valence-corrected chi connectivity index (χ2v) is 7.90. The molecule has 1 aromatic heterocycles. The maximum absolute atomic E-state index is 12.5. The van der Waals surface area contributed by atoms with E-state index in [0.29, 0.717) is 27.2 Å². The molecule has 0 saturated heterocycles. The quantitative estimate of drug-likeness (QED) is 0.619. The number of rotatable bonds is 4. The van der Waals surface area contributed by atoms with Crippen LogP contribution in [0.15, 0.2) is 36.4 Å². The fourth-order valence-corrected chi connectivity index (χ4v) is 4.09. The van der Waals surface area contributed by atoms with Crippen LogP contribution in [0.4, 0.5) is 5.13 Å². The number of carbonyl (C=O) groups excluding carboxylic acids is 1. The Labute approximate surface area is 169 Å². The second kappa shape index (κ2) is 7.38. The van der Waals surface area contributed by atoms with Crippen LogP contribution in [0.25, 0.3) is 0 Å². The lowest BCUT2D eigenvalue weighted by Gasteiger charge is -2.04. The predicted molar refractivity (Wildman–Crippen MR) is 107 cm³/mol. The van der Waals surface area contributed by atoms with Gasteiger partial charge >= 0.3 is 0 Å². The van der Waals surface area contributed by atoms with Gasteiger partial charge in [0.1, 0.15) is 0 Å². The van der Waals surface area contributed by atoms with Crippen LogP contribution in [0.3, 0.4) is 0 Å². The van der Waals surface area contributed by atoms with Gasteiger partial charge in [0.2, 0.25) is 6.79 Å². The van der Waals surface area contributed by atoms with Gasteiger partial charge < -0.3 is 9.47 Å². The number of nitrogens with zero attached hydrogens (tertiary/aromatic N) is 1. The first-order valence-corrected chi connectivity index (χ1v) is 9.68. The van der Waals surface area contributed by atoms with Crippen molar-refractivity contribution >= 4 is 45.6 Å². The summed E-state index contributed by atoms with van der Waals surface area (Å²) in [5.41, 5.74) is 2.27. The largest absolute Gasteiger partial charge is 0.454 e. The summed E-state index contributed by atoms with van der Waals surface area (Å²) in [5.74, 6) is 1.16. The number of aromatic nitrogens is 1. The van der Waals surface area contributed by atoms with E-state index in [1.54, 1.807) is 12.1 Å². The number of aryl methyl sites for hydroxylation is 1. The normalized spacial score (nSPS) is 12.3. The van der Waals surface area contributed by atoms with E-state index in [0.717, 1.165) is 27.6 Å². The Kier molecular flexibility index (Phi) is 4.95. The summed E-state index contributed by atoms with van der Waals surface area (Å²) in [7, 11) is 0. The molecule has 5 nitrogen and oxygen atoms in total. The van der Waals surface area contributed by atoms with Gasteiger partial charge in [0.25, 0.3) is 5.91 Å². The molecule has 2 aromatic carbocycles. The van der Waals surface area contributed by atoms with Gasteiger partial charge in [0, 0.05) is 16.3 Å². The van der Waals surface area contributed by atoms with Crippen molar-refractivity contribution in [3.05, 3.63) is 68.1 Å². The molecule has 4 rings (SSSR count). The molecular formula is C19H14Cl2N2O3S. The van der Waals surface area contributed by atoms with Crippen molar-refractivity contribution < 1.29 is 14.3 Å². The number of amides is 1. The number of thiazole rings is 1. The molecule has 0 radical (unpaired) electrons. The summed E-state index contributed by atoms with van der Waals surface area (Å²) in [6.45, 7) is 2.17. The third-order valence-electron chi connectivity index (χ3n) is 4.09. The molecule has 2 heterocycles. The van der Waals surface area contributed by atoms with Crippen LogP contribution in [0, 0.1) is 6.92 Å². The first kappa shape index (κ1) is 18.1. The molecule has 138 valence electrons. The van der Waals surface area contributed by atoms with Crippen molar-refractivity contribution in [2.75, 3.05) is 12.1 Å². The fraction of sp³-hybridized carbons (Fsp3) is 0.158. The van der Waals surface area contributed by atoms with Crippen molar-refractivity contribution in [2.45, 2.75) is 13.3 Å². The Morgan fingerprint density at radius 2 is 2.00 bits per heavy atom. The lowest BCUT2D eigenvalue weighted by atomic mass is 10.1. The first-order valence-electron chi connectivity index (χ1n) is 8.11. The molecule has 0 saturated carbocycles. The maximum atomic E-state index is 12.5. The number of benzene rings is 2. The molecule has 8 heteroatoms. The van der Waals surface area contributed by atoms with Crippen molar-refractivity contribution in [2.24, 2.45) is 0 Å². The summed E-state index contributed by atoms with van der Waals surface area (Å²) >= 11 is 13.5. The van der Waals surface area contributed by atoms with E-state index in [1.807, 2.05) is 25.1 Å². The van der Waals surface area contributed by atoms with Crippen molar-refractivity contribution in [3.8, 4) is 11.5 Å². The molecule has 0 atom stereocenters. The van der Waals surface area contributed by atoms with Gasteiger partial charge in [-0.05, 0) is 42.8 Å². The van der Waals surface area contributed by atoms with Gasteiger partial charge in [-0.15, -0.1) is 11.3 Å². The number of anilines is 1. The lowest BCUT2D eigenvalue weighted by molar-refractivity contribution is 0.102. The van der Waals surface area contributed by atoms with Gasteiger partial charge in [-0.25, -0.2) is 4.98 Å². The maximum Gasteiger partial charge on any atom is 0.259 e. The molecule has 27 heavy (non-hydrogen) atoms. The van der Waals surface area contributed by atoms with Crippen LogP contribution in [-0.2, 0) is 6.42 Å². The molecule has 1 aliphatic rings. The Morgan fingerprint density at radius 1 is 1.19 bits per heavy atom. The SMILES string of the molecule is Cc1nc(NC(=O)c2cc(Cl)ccc2Cl)sc1Cc1ccc2c(c1)OCO2. The smallest absolute Gasteiger partial charge is 0.259 e. The Balaban J connectivity index is 1.51. The standard InChI is InChI=1S/C19H14Cl2N2O3S/c1-10-17(7-11-2-5-15-16(6-11)26-9-25-15)27-19(22-10)23-18(24)13-8-12(20)3-4-14(13)21/h2-6,8H,7,9H2,1H3,(H,22,23,24). The number of hydrogen-bond donors (Lipinski definition) is 1. The average molecular weight is 421 g/mol. The van der Waals surface area contributed by atoms with E-state index < -0.39 is 0 Å². The third kappa shape index (κ3) is 3.88. The van der Waals surface area contributed by atoms with Crippen LogP contribution < -0.4 is 14.8 Å². The summed E-state index contributed by atoms with van der Waals surface area (Å²) in [6, 6.07) is 10.6. The summed E-state index contributed by atoms with van der Waals surface area (Å²) in [4.78, 5) is 18.0. The minimum absolute atomic E-state index is 0.251. The topological polar surface area (TPSA) is 60.5 Å². The molecule has 0 spiro atoms. The van der Waals surface area contributed by atoms with Crippen molar-refractivity contribution in [1.82, 2.24) is 4.98 Å². The molecule has 0 fully saturated rings. The van der Waals surface area contributed by atoms with E-state index in [2.05, 4.69) is 10.3 Å². The van der Waals surface area contributed by atoms with E-state index in [-0.39, 0.29) is 12.7 Å². The van der Waals surface area contributed by atoms with E-state index in [9.17, 15) is 4.79 Å². The van der Waals surface area contributed by atoms with Gasteiger partial charge in [-0.2, -0.15) is 0 Å². The van der Waals surface area contributed by atoms with Gasteiger partial charge in [-0.1, -0.05) is 29.3 Å². The van der Waals surface area contributed by atoms with Gasteiger partial charge in [0.05, 0.1) is 16.3 Å². The molecule has 1 aliphatic heterocycles. The zero-order valence-electron chi connectivity index (χ0n) is 14.2. The van der Waals surface area contributed by atoms with E-state index in [1.165, 1.54) is 17.4 Å². The van der Waals surface area contributed by atoms with Crippen LogP contribution in [0.2, 0.25) is 10.0 Å². The van der Waals surface area contributed by atoms with E-state index in [4.69, 9.17) is 32.7 Å². The predicted octanol–water partition coefficient (Wildman–Crippen LogP) is 5.33. The molecule has 1 N–H and O–H groups in total. The zero-order valence-corrected chi connectivity index (χ0v) is 16.5. The molecule has 3 aromatic rings. The van der Waals surface area contributed by atoms with Crippen LogP contribution in [-0.4, -0.2) is 17.7 Å². The molecule has 0 aliphatic carbocycles.